The second kappa shape index (κ2) is 5.59. The van der Waals surface area contributed by atoms with E-state index in [4.69, 9.17) is 0 Å². The molecule has 3 N–H and O–H groups in total. The molecular weight excluding hydrogens is 278 g/mol. The fraction of sp³-hybridized carbons (Fsp3) is 0.333. The maximum absolute atomic E-state index is 12.4. The number of rotatable bonds is 5. The standard InChI is InChI=1S/C12H17N5O2S/c1-8-6-10(4-5-14-8)17-20(18,19)12-11(7-13-3)9(2)15-16-12/h4-6,13H,7H2,1-3H3,(H,14,17)(H,15,16). The fourth-order valence-corrected chi connectivity index (χ4v) is 3.10. The third-order valence-electron chi connectivity index (χ3n) is 2.79. The average Bonchev–Trinajstić information content (AvgIpc) is 2.72. The third-order valence-corrected chi connectivity index (χ3v) is 4.14. The van der Waals surface area contributed by atoms with Crippen molar-refractivity contribution in [1.82, 2.24) is 20.5 Å². The highest BCUT2D eigenvalue weighted by atomic mass is 32.2. The Bertz CT molecular complexity index is 708. The number of H-pyrrole nitrogens is 1. The molecule has 7 nitrogen and oxygen atoms in total. The van der Waals surface area contributed by atoms with Crippen molar-refractivity contribution in [2.75, 3.05) is 11.8 Å². The van der Waals surface area contributed by atoms with Gasteiger partial charge in [0, 0.05) is 29.7 Å². The lowest BCUT2D eigenvalue weighted by molar-refractivity contribution is 0.595. The molecule has 108 valence electrons. The van der Waals surface area contributed by atoms with Gasteiger partial charge in [0.15, 0.2) is 0 Å². The predicted octanol–water partition coefficient (Wildman–Crippen LogP) is 0.942. The van der Waals surface area contributed by atoms with E-state index < -0.39 is 10.0 Å². The monoisotopic (exact) mass is 295 g/mol. The van der Waals surface area contributed by atoms with Crippen LogP contribution >= 0.6 is 0 Å². The number of sulfonamides is 1. The molecule has 8 heteroatoms. The number of aryl methyl sites for hydroxylation is 2. The number of anilines is 1. The first-order chi connectivity index (χ1) is 9.44. The molecule has 2 rings (SSSR count). The zero-order valence-corrected chi connectivity index (χ0v) is 12.4. The third kappa shape index (κ3) is 2.97. The van der Waals surface area contributed by atoms with Gasteiger partial charge in [-0.2, -0.15) is 13.5 Å². The highest BCUT2D eigenvalue weighted by Gasteiger charge is 2.23. The van der Waals surface area contributed by atoms with Gasteiger partial charge in [-0.05, 0) is 33.0 Å². The molecule has 0 radical (unpaired) electrons. The lowest BCUT2D eigenvalue weighted by atomic mass is 10.3. The molecule has 0 saturated carbocycles. The summed E-state index contributed by atoms with van der Waals surface area (Å²) < 4.78 is 27.3. The lowest BCUT2D eigenvalue weighted by Gasteiger charge is -2.08. The maximum atomic E-state index is 12.4. The molecular formula is C12H17N5O2S. The van der Waals surface area contributed by atoms with E-state index in [1.54, 1.807) is 39.2 Å². The van der Waals surface area contributed by atoms with Gasteiger partial charge in [-0.1, -0.05) is 0 Å². The molecule has 0 spiro atoms. The topological polar surface area (TPSA) is 99.8 Å². The zero-order valence-electron chi connectivity index (χ0n) is 11.6. The van der Waals surface area contributed by atoms with Crippen LogP contribution in [0.1, 0.15) is 17.0 Å². The van der Waals surface area contributed by atoms with Crippen LogP contribution in [0.3, 0.4) is 0 Å². The summed E-state index contributed by atoms with van der Waals surface area (Å²) in [6.45, 7) is 4.01. The van der Waals surface area contributed by atoms with Crippen LogP contribution < -0.4 is 10.0 Å². The highest BCUT2D eigenvalue weighted by molar-refractivity contribution is 7.92. The second-order valence-electron chi connectivity index (χ2n) is 4.45. The first-order valence-electron chi connectivity index (χ1n) is 6.08. The van der Waals surface area contributed by atoms with Gasteiger partial charge in [0.2, 0.25) is 5.03 Å². The van der Waals surface area contributed by atoms with E-state index in [1.165, 1.54) is 0 Å². The van der Waals surface area contributed by atoms with Crippen LogP contribution in [0, 0.1) is 13.8 Å². The van der Waals surface area contributed by atoms with Crippen LogP contribution in [0.2, 0.25) is 0 Å². The van der Waals surface area contributed by atoms with Crippen LogP contribution in [0.5, 0.6) is 0 Å². The van der Waals surface area contributed by atoms with Crippen molar-refractivity contribution < 1.29 is 8.42 Å². The van der Waals surface area contributed by atoms with Gasteiger partial charge in [0.1, 0.15) is 0 Å². The van der Waals surface area contributed by atoms with Gasteiger partial charge in [-0.3, -0.25) is 14.8 Å². The number of nitrogens with zero attached hydrogens (tertiary/aromatic N) is 2. The average molecular weight is 295 g/mol. The van der Waals surface area contributed by atoms with Gasteiger partial charge >= 0.3 is 0 Å². The van der Waals surface area contributed by atoms with Gasteiger partial charge in [-0.15, -0.1) is 0 Å². The summed E-state index contributed by atoms with van der Waals surface area (Å²) in [5.74, 6) is 0. The number of hydrogen-bond acceptors (Lipinski definition) is 5. The van der Waals surface area contributed by atoms with Crippen molar-refractivity contribution in [3.63, 3.8) is 0 Å². The molecule has 0 saturated heterocycles. The van der Waals surface area contributed by atoms with E-state index in [0.717, 1.165) is 11.4 Å². The summed E-state index contributed by atoms with van der Waals surface area (Å²) in [6, 6.07) is 3.26. The molecule has 0 aliphatic heterocycles. The maximum Gasteiger partial charge on any atom is 0.281 e. The molecule has 2 heterocycles. The van der Waals surface area contributed by atoms with Crippen LogP contribution in [0.25, 0.3) is 0 Å². The van der Waals surface area contributed by atoms with Gasteiger partial charge in [0.05, 0.1) is 5.69 Å². The first kappa shape index (κ1) is 14.5. The number of pyridine rings is 1. The Morgan fingerprint density at radius 1 is 1.35 bits per heavy atom. The van der Waals surface area contributed by atoms with E-state index in [2.05, 4.69) is 25.2 Å². The largest absolute Gasteiger partial charge is 0.316 e. The molecule has 0 aromatic carbocycles. The van der Waals surface area contributed by atoms with Crippen LogP contribution in [-0.2, 0) is 16.6 Å². The summed E-state index contributed by atoms with van der Waals surface area (Å²) in [5.41, 5.74) is 2.56. The number of nitrogens with one attached hydrogen (secondary N) is 3. The van der Waals surface area contributed by atoms with Crippen molar-refractivity contribution in [3.05, 3.63) is 35.3 Å². The zero-order chi connectivity index (χ0) is 14.8. The molecule has 0 aliphatic rings. The van der Waals surface area contributed by atoms with E-state index >= 15 is 0 Å². The van der Waals surface area contributed by atoms with Crippen LogP contribution in [0.15, 0.2) is 23.4 Å². The minimum absolute atomic E-state index is 0.0128. The summed E-state index contributed by atoms with van der Waals surface area (Å²) in [4.78, 5) is 4.03. The van der Waals surface area contributed by atoms with Crippen molar-refractivity contribution in [2.24, 2.45) is 0 Å². The Labute approximate surface area is 117 Å². The Hall–Kier alpha value is -1.93. The molecule has 0 aliphatic carbocycles. The SMILES string of the molecule is CNCc1c(S(=O)(=O)Nc2ccnc(C)c2)n[nH]c1C. The summed E-state index contributed by atoms with van der Waals surface area (Å²) >= 11 is 0. The second-order valence-corrected chi connectivity index (χ2v) is 6.05. The molecule has 0 fully saturated rings. The Morgan fingerprint density at radius 3 is 2.75 bits per heavy atom. The Balaban J connectivity index is 2.36. The summed E-state index contributed by atoms with van der Waals surface area (Å²) in [6.07, 6.45) is 1.55. The van der Waals surface area contributed by atoms with Crippen molar-refractivity contribution in [1.29, 1.82) is 0 Å². The first-order valence-corrected chi connectivity index (χ1v) is 7.56. The number of aromatic amines is 1. The van der Waals surface area contributed by atoms with Gasteiger partial charge in [0.25, 0.3) is 10.0 Å². The summed E-state index contributed by atoms with van der Waals surface area (Å²) in [5, 5.41) is 9.54. The molecule has 0 atom stereocenters. The van der Waals surface area contributed by atoms with Crippen molar-refractivity contribution in [2.45, 2.75) is 25.4 Å². The Kier molecular flexibility index (Phi) is 4.05. The van der Waals surface area contributed by atoms with Gasteiger partial charge in [-0.25, -0.2) is 0 Å². The molecule has 0 unspecified atom stereocenters. The minimum Gasteiger partial charge on any atom is -0.316 e. The number of aromatic nitrogens is 3. The molecule has 2 aromatic heterocycles. The van der Waals surface area contributed by atoms with Gasteiger partial charge < -0.3 is 5.32 Å². The normalized spacial score (nSPS) is 11.6. The predicted molar refractivity (Wildman–Crippen MR) is 75.9 cm³/mol. The smallest absolute Gasteiger partial charge is 0.281 e. The Morgan fingerprint density at radius 2 is 2.10 bits per heavy atom. The molecule has 0 amide bonds. The van der Waals surface area contributed by atoms with E-state index in [-0.39, 0.29) is 5.03 Å². The molecule has 2 aromatic rings. The molecule has 0 bridgehead atoms. The molecule has 20 heavy (non-hydrogen) atoms. The number of hydrogen-bond donors (Lipinski definition) is 3. The van der Waals surface area contributed by atoms with Crippen molar-refractivity contribution in [3.8, 4) is 0 Å². The summed E-state index contributed by atoms with van der Waals surface area (Å²) in [7, 11) is -1.97. The fourth-order valence-electron chi connectivity index (χ4n) is 1.85. The quantitative estimate of drug-likeness (QED) is 0.762. The highest BCUT2D eigenvalue weighted by Crippen LogP contribution is 2.19. The van der Waals surface area contributed by atoms with E-state index in [0.29, 0.717) is 17.8 Å². The van der Waals surface area contributed by atoms with E-state index in [9.17, 15) is 8.42 Å². The lowest BCUT2D eigenvalue weighted by Crippen LogP contribution is -2.17. The van der Waals surface area contributed by atoms with E-state index in [1.807, 2.05) is 0 Å². The van der Waals surface area contributed by atoms with Crippen LogP contribution in [-0.4, -0.2) is 30.6 Å². The van der Waals surface area contributed by atoms with Crippen LogP contribution in [0.4, 0.5) is 5.69 Å². The minimum atomic E-state index is -3.72. The van der Waals surface area contributed by atoms with Crippen molar-refractivity contribution >= 4 is 15.7 Å².